The third kappa shape index (κ3) is 2.42. The van der Waals surface area contributed by atoms with Gasteiger partial charge in [-0.15, -0.1) is 11.3 Å². The Hall–Kier alpha value is -1.85. The van der Waals surface area contributed by atoms with Crippen molar-refractivity contribution in [3.63, 3.8) is 0 Å². The van der Waals surface area contributed by atoms with Crippen LogP contribution in [0.5, 0.6) is 0 Å². The number of hydrogen-bond donors (Lipinski definition) is 1. The van der Waals surface area contributed by atoms with Crippen molar-refractivity contribution in [1.82, 2.24) is 14.7 Å². The van der Waals surface area contributed by atoms with E-state index in [4.69, 9.17) is 4.98 Å². The van der Waals surface area contributed by atoms with Gasteiger partial charge in [0.15, 0.2) is 5.82 Å². The van der Waals surface area contributed by atoms with Crippen LogP contribution in [0.15, 0.2) is 41.9 Å². The van der Waals surface area contributed by atoms with E-state index in [1.807, 2.05) is 25.2 Å². The second-order valence-electron chi connectivity index (χ2n) is 4.78. The first-order valence-corrected chi connectivity index (χ1v) is 7.51. The highest BCUT2D eigenvalue weighted by Crippen LogP contribution is 2.23. The third-order valence-electron chi connectivity index (χ3n) is 3.29. The van der Waals surface area contributed by atoms with E-state index in [-0.39, 0.29) is 0 Å². The van der Waals surface area contributed by atoms with Crippen molar-refractivity contribution in [3.05, 3.63) is 52.5 Å². The van der Waals surface area contributed by atoms with Gasteiger partial charge in [0.25, 0.3) is 0 Å². The van der Waals surface area contributed by atoms with Gasteiger partial charge in [0.1, 0.15) is 5.65 Å². The molecule has 4 nitrogen and oxygen atoms in total. The second-order valence-corrected chi connectivity index (χ2v) is 5.81. The van der Waals surface area contributed by atoms with Crippen LogP contribution in [0.1, 0.15) is 10.6 Å². The number of pyridine rings is 1. The Labute approximate surface area is 122 Å². The molecule has 0 unspecified atom stereocenters. The Morgan fingerprint density at radius 1 is 1.30 bits per heavy atom. The van der Waals surface area contributed by atoms with Crippen LogP contribution in [0.2, 0.25) is 0 Å². The number of hydrogen-bond acceptors (Lipinski definition) is 4. The summed E-state index contributed by atoms with van der Waals surface area (Å²) in [5.41, 5.74) is 2.19. The first-order chi connectivity index (χ1) is 9.79. The van der Waals surface area contributed by atoms with Crippen molar-refractivity contribution in [2.75, 3.05) is 19.0 Å². The average molecular weight is 286 g/mol. The average Bonchev–Trinajstić information content (AvgIpc) is 3.07. The second kappa shape index (κ2) is 5.64. The summed E-state index contributed by atoms with van der Waals surface area (Å²) >= 11 is 1.78. The molecule has 3 aromatic heterocycles. The first kappa shape index (κ1) is 13.1. The van der Waals surface area contributed by atoms with Gasteiger partial charge in [0.05, 0.1) is 12.2 Å². The number of imidazole rings is 1. The quantitative estimate of drug-likeness (QED) is 0.783. The zero-order valence-corrected chi connectivity index (χ0v) is 12.5. The van der Waals surface area contributed by atoms with E-state index in [9.17, 15) is 0 Å². The van der Waals surface area contributed by atoms with E-state index in [0.717, 1.165) is 24.6 Å². The van der Waals surface area contributed by atoms with Crippen LogP contribution >= 0.6 is 11.3 Å². The number of fused-ring (bicyclic) bond motifs is 1. The largest absolute Gasteiger partial charge is 0.353 e. The molecule has 0 amide bonds. The minimum absolute atomic E-state index is 0.801. The van der Waals surface area contributed by atoms with Gasteiger partial charge in [0.2, 0.25) is 0 Å². The van der Waals surface area contributed by atoms with Gasteiger partial charge < -0.3 is 14.6 Å². The highest BCUT2D eigenvalue weighted by Gasteiger charge is 2.15. The summed E-state index contributed by atoms with van der Waals surface area (Å²) in [7, 11) is 4.06. The molecule has 5 heteroatoms. The molecule has 0 bridgehead atoms. The fourth-order valence-electron chi connectivity index (χ4n) is 2.38. The third-order valence-corrected chi connectivity index (χ3v) is 4.15. The van der Waals surface area contributed by atoms with E-state index < -0.39 is 0 Å². The molecule has 3 rings (SSSR count). The van der Waals surface area contributed by atoms with Gasteiger partial charge in [-0.05, 0) is 30.6 Å². The molecule has 1 N–H and O–H groups in total. The first-order valence-electron chi connectivity index (χ1n) is 6.63. The normalized spacial score (nSPS) is 11.1. The molecule has 0 aromatic carbocycles. The zero-order valence-electron chi connectivity index (χ0n) is 11.7. The SMILES string of the molecule is CNCc1c(N(C)Cc2cccs2)nc2ccccn12. The van der Waals surface area contributed by atoms with E-state index in [1.54, 1.807) is 11.3 Å². The maximum atomic E-state index is 4.77. The summed E-state index contributed by atoms with van der Waals surface area (Å²) < 4.78 is 2.15. The fraction of sp³-hybridized carbons (Fsp3) is 0.267. The molecule has 0 saturated heterocycles. The van der Waals surface area contributed by atoms with Crippen LogP contribution in [0.4, 0.5) is 5.82 Å². The molecule has 0 atom stereocenters. The van der Waals surface area contributed by atoms with E-state index in [1.165, 1.54) is 10.6 Å². The smallest absolute Gasteiger partial charge is 0.152 e. The molecule has 0 fully saturated rings. The summed E-state index contributed by atoms with van der Waals surface area (Å²) in [5, 5.41) is 5.34. The van der Waals surface area contributed by atoms with Crippen molar-refractivity contribution in [2.45, 2.75) is 13.1 Å². The lowest BCUT2D eigenvalue weighted by Crippen LogP contribution is -2.19. The van der Waals surface area contributed by atoms with Gasteiger partial charge in [-0.25, -0.2) is 4.98 Å². The van der Waals surface area contributed by atoms with Crippen molar-refractivity contribution < 1.29 is 0 Å². The molecule has 3 aromatic rings. The Morgan fingerprint density at radius 2 is 2.20 bits per heavy atom. The zero-order chi connectivity index (χ0) is 13.9. The predicted molar refractivity (Wildman–Crippen MR) is 84.4 cm³/mol. The molecule has 0 aliphatic heterocycles. The summed E-state index contributed by atoms with van der Waals surface area (Å²) in [5.74, 6) is 1.04. The minimum atomic E-state index is 0.801. The Kier molecular flexibility index (Phi) is 3.71. The molecule has 0 aliphatic rings. The molecule has 20 heavy (non-hydrogen) atoms. The molecule has 104 valence electrons. The van der Waals surface area contributed by atoms with Crippen molar-refractivity contribution in [3.8, 4) is 0 Å². The summed E-state index contributed by atoms with van der Waals surface area (Å²) in [6.45, 7) is 1.69. The predicted octanol–water partition coefficient (Wildman–Crippen LogP) is 2.75. The Bertz CT molecular complexity index is 687. The number of nitrogens with one attached hydrogen (secondary N) is 1. The highest BCUT2D eigenvalue weighted by molar-refractivity contribution is 7.09. The van der Waals surface area contributed by atoms with Gasteiger partial charge in [-0.2, -0.15) is 0 Å². The van der Waals surface area contributed by atoms with Gasteiger partial charge in [-0.1, -0.05) is 12.1 Å². The van der Waals surface area contributed by atoms with Crippen molar-refractivity contribution in [1.29, 1.82) is 0 Å². The minimum Gasteiger partial charge on any atom is -0.353 e. The van der Waals surface area contributed by atoms with Crippen LogP contribution in [0, 0.1) is 0 Å². The Morgan fingerprint density at radius 3 is 2.95 bits per heavy atom. The number of nitrogens with zero attached hydrogens (tertiary/aromatic N) is 3. The van der Waals surface area contributed by atoms with Crippen molar-refractivity contribution >= 4 is 22.8 Å². The molecule has 0 aliphatic carbocycles. The van der Waals surface area contributed by atoms with Crippen LogP contribution in [0.3, 0.4) is 0 Å². The molecule has 3 heterocycles. The number of anilines is 1. The summed E-state index contributed by atoms with van der Waals surface area (Å²) in [6, 6.07) is 10.4. The number of thiophene rings is 1. The number of aromatic nitrogens is 2. The highest BCUT2D eigenvalue weighted by atomic mass is 32.1. The summed E-state index contributed by atoms with van der Waals surface area (Å²) in [6.07, 6.45) is 2.07. The monoisotopic (exact) mass is 286 g/mol. The standard InChI is InChI=1S/C15H18N4S/c1-16-10-13-15(17-14-7-3-4-8-19(13)14)18(2)11-12-6-5-9-20-12/h3-9,16H,10-11H2,1-2H3. The lowest BCUT2D eigenvalue weighted by atomic mass is 10.3. The van der Waals surface area contributed by atoms with E-state index in [2.05, 4.69) is 45.4 Å². The van der Waals surface area contributed by atoms with Gasteiger partial charge >= 0.3 is 0 Å². The molecule has 0 spiro atoms. The Balaban J connectivity index is 1.98. The van der Waals surface area contributed by atoms with Gasteiger partial charge in [0, 0.05) is 24.7 Å². The molecule has 0 radical (unpaired) electrons. The van der Waals surface area contributed by atoms with Crippen molar-refractivity contribution in [2.24, 2.45) is 0 Å². The maximum absolute atomic E-state index is 4.77. The van der Waals surface area contributed by atoms with Crippen LogP contribution in [-0.4, -0.2) is 23.5 Å². The fourth-order valence-corrected chi connectivity index (χ4v) is 3.14. The summed E-state index contributed by atoms with van der Waals surface area (Å²) in [4.78, 5) is 8.33. The molecular formula is C15H18N4S. The molecular weight excluding hydrogens is 268 g/mol. The lowest BCUT2D eigenvalue weighted by molar-refractivity contribution is 0.772. The maximum Gasteiger partial charge on any atom is 0.152 e. The van der Waals surface area contributed by atoms with E-state index >= 15 is 0 Å². The molecule has 0 saturated carbocycles. The number of rotatable bonds is 5. The van der Waals surface area contributed by atoms with Crippen LogP contribution in [0.25, 0.3) is 5.65 Å². The van der Waals surface area contributed by atoms with Crippen LogP contribution < -0.4 is 10.2 Å². The lowest BCUT2D eigenvalue weighted by Gasteiger charge is -2.17. The van der Waals surface area contributed by atoms with Gasteiger partial charge in [-0.3, -0.25) is 0 Å². The van der Waals surface area contributed by atoms with Crippen LogP contribution in [-0.2, 0) is 13.1 Å². The topological polar surface area (TPSA) is 32.6 Å². The van der Waals surface area contributed by atoms with E-state index in [0.29, 0.717) is 0 Å².